The summed E-state index contributed by atoms with van der Waals surface area (Å²) in [7, 11) is 0. The second kappa shape index (κ2) is 12.8. The van der Waals surface area contributed by atoms with Crippen LogP contribution in [0.1, 0.15) is 47.1 Å². The lowest BCUT2D eigenvalue weighted by molar-refractivity contribution is -0.121. The van der Waals surface area contributed by atoms with Crippen LogP contribution in [-0.4, -0.2) is 68.4 Å². The molecule has 46 heavy (non-hydrogen) atoms. The minimum absolute atomic E-state index is 0.0718. The van der Waals surface area contributed by atoms with Crippen molar-refractivity contribution in [2.75, 3.05) is 29.4 Å². The number of carbonyl (C=O) groups is 3. The van der Waals surface area contributed by atoms with Gasteiger partial charge in [-0.2, -0.15) is 9.61 Å². The fourth-order valence-corrected chi connectivity index (χ4v) is 5.32. The first kappa shape index (κ1) is 33.0. The Morgan fingerprint density at radius 3 is 2.24 bits per heavy atom. The first-order valence-electron chi connectivity index (χ1n) is 14.8. The van der Waals surface area contributed by atoms with E-state index in [0.717, 1.165) is 5.56 Å². The Hall–Kier alpha value is -4.35. The molecule has 1 aliphatic rings. The SMILES string of the molecule is CC(C)(C)OC(=O)N1CCN(c2ccc(-c3cc(N(Cc4ccc(Cl)cc4Cl)C(=O)OC(C)(C)C)n4nccc4n3)cc2)C(=O)C1. The van der Waals surface area contributed by atoms with Gasteiger partial charge in [0, 0.05) is 46.5 Å². The molecule has 1 saturated heterocycles. The molecule has 11 nitrogen and oxygen atoms in total. The van der Waals surface area contributed by atoms with Crippen LogP contribution in [0.3, 0.4) is 0 Å². The Morgan fingerprint density at radius 2 is 1.61 bits per heavy atom. The van der Waals surface area contributed by atoms with Gasteiger partial charge in [0.1, 0.15) is 23.6 Å². The van der Waals surface area contributed by atoms with Gasteiger partial charge in [0.15, 0.2) is 5.65 Å². The highest BCUT2D eigenvalue weighted by Crippen LogP contribution is 2.31. The first-order valence-corrected chi connectivity index (χ1v) is 15.5. The van der Waals surface area contributed by atoms with Gasteiger partial charge in [0.2, 0.25) is 5.91 Å². The maximum Gasteiger partial charge on any atom is 0.416 e. The second-order valence-electron chi connectivity index (χ2n) is 12.9. The molecule has 242 valence electrons. The van der Waals surface area contributed by atoms with Crippen LogP contribution in [-0.2, 0) is 20.8 Å². The number of ether oxygens (including phenoxy) is 2. The van der Waals surface area contributed by atoms with E-state index in [9.17, 15) is 14.4 Å². The largest absolute Gasteiger partial charge is 0.444 e. The van der Waals surface area contributed by atoms with Gasteiger partial charge in [-0.1, -0.05) is 41.4 Å². The van der Waals surface area contributed by atoms with E-state index in [0.29, 0.717) is 51.5 Å². The van der Waals surface area contributed by atoms with Gasteiger partial charge in [-0.25, -0.2) is 14.6 Å². The molecule has 5 rings (SSSR count). The minimum Gasteiger partial charge on any atom is -0.444 e. The summed E-state index contributed by atoms with van der Waals surface area (Å²) < 4.78 is 12.8. The molecule has 2 aromatic heterocycles. The first-order chi connectivity index (χ1) is 21.6. The highest BCUT2D eigenvalue weighted by atomic mass is 35.5. The molecule has 1 aliphatic heterocycles. The number of aromatic nitrogens is 3. The number of fused-ring (bicyclic) bond motifs is 1. The fourth-order valence-electron chi connectivity index (χ4n) is 4.85. The fraction of sp³-hybridized carbons (Fsp3) is 0.364. The van der Waals surface area contributed by atoms with Gasteiger partial charge in [0.05, 0.1) is 18.4 Å². The Balaban J connectivity index is 1.44. The summed E-state index contributed by atoms with van der Waals surface area (Å²) in [6.45, 7) is 11.4. The van der Waals surface area contributed by atoms with Crippen molar-refractivity contribution >= 4 is 58.4 Å². The molecule has 0 atom stereocenters. The van der Waals surface area contributed by atoms with Crippen molar-refractivity contribution in [1.82, 2.24) is 19.5 Å². The van der Waals surface area contributed by atoms with E-state index in [1.165, 1.54) is 9.80 Å². The predicted molar refractivity (Wildman–Crippen MR) is 177 cm³/mol. The maximum atomic E-state index is 13.6. The summed E-state index contributed by atoms with van der Waals surface area (Å²) in [6.07, 6.45) is 0.502. The van der Waals surface area contributed by atoms with Crippen molar-refractivity contribution < 1.29 is 23.9 Å². The topological polar surface area (TPSA) is 110 Å². The zero-order valence-corrected chi connectivity index (χ0v) is 28.1. The van der Waals surface area contributed by atoms with Crippen LogP contribution in [0, 0.1) is 0 Å². The van der Waals surface area contributed by atoms with E-state index in [4.69, 9.17) is 37.7 Å². The molecular formula is C33H36Cl2N6O5. The number of carbonyl (C=O) groups excluding carboxylic acids is 3. The molecular weight excluding hydrogens is 631 g/mol. The molecule has 0 N–H and O–H groups in total. The molecule has 3 heterocycles. The molecule has 0 spiro atoms. The van der Waals surface area contributed by atoms with Gasteiger partial charge in [-0.05, 0) is 71.4 Å². The number of nitrogens with zero attached hydrogens (tertiary/aromatic N) is 6. The van der Waals surface area contributed by atoms with E-state index >= 15 is 0 Å². The molecule has 0 bridgehead atoms. The zero-order valence-electron chi connectivity index (χ0n) is 26.6. The van der Waals surface area contributed by atoms with E-state index < -0.39 is 23.4 Å². The van der Waals surface area contributed by atoms with Gasteiger partial charge < -0.3 is 14.4 Å². The Kier molecular flexibility index (Phi) is 9.19. The number of amides is 3. The van der Waals surface area contributed by atoms with Crippen LogP contribution in [0.5, 0.6) is 0 Å². The number of hydrogen-bond donors (Lipinski definition) is 0. The minimum atomic E-state index is -0.760. The molecule has 2 aromatic carbocycles. The lowest BCUT2D eigenvalue weighted by Gasteiger charge is -2.35. The molecule has 0 aliphatic carbocycles. The Labute approximate surface area is 277 Å². The Morgan fingerprint density at radius 1 is 0.913 bits per heavy atom. The van der Waals surface area contributed by atoms with Crippen molar-refractivity contribution in [2.24, 2.45) is 0 Å². The molecule has 3 amide bonds. The van der Waals surface area contributed by atoms with E-state index in [-0.39, 0.29) is 19.0 Å². The van der Waals surface area contributed by atoms with Gasteiger partial charge in [-0.15, -0.1) is 0 Å². The average Bonchev–Trinajstić information content (AvgIpc) is 3.44. The lowest BCUT2D eigenvalue weighted by Crippen LogP contribution is -2.53. The van der Waals surface area contributed by atoms with E-state index in [1.54, 1.807) is 87.5 Å². The summed E-state index contributed by atoms with van der Waals surface area (Å²) in [5.74, 6) is 0.211. The van der Waals surface area contributed by atoms with Crippen molar-refractivity contribution in [3.63, 3.8) is 0 Å². The molecule has 0 radical (unpaired) electrons. The number of piperazine rings is 1. The molecule has 1 fully saturated rings. The van der Waals surface area contributed by atoms with Crippen molar-refractivity contribution in [3.05, 3.63) is 76.4 Å². The van der Waals surface area contributed by atoms with Crippen LogP contribution >= 0.6 is 23.2 Å². The summed E-state index contributed by atoms with van der Waals surface area (Å²) in [6, 6.07) is 16.0. The zero-order chi connectivity index (χ0) is 33.4. The van der Waals surface area contributed by atoms with Crippen molar-refractivity contribution in [1.29, 1.82) is 0 Å². The van der Waals surface area contributed by atoms with Crippen LogP contribution in [0.25, 0.3) is 16.9 Å². The average molecular weight is 668 g/mol. The van der Waals surface area contributed by atoms with Gasteiger partial charge >= 0.3 is 12.2 Å². The van der Waals surface area contributed by atoms with Crippen molar-refractivity contribution in [3.8, 4) is 11.3 Å². The normalized spacial score (nSPS) is 14.0. The second-order valence-corrected chi connectivity index (χ2v) is 13.7. The smallest absolute Gasteiger partial charge is 0.416 e. The van der Waals surface area contributed by atoms with Gasteiger partial charge in [-0.3, -0.25) is 14.6 Å². The monoisotopic (exact) mass is 666 g/mol. The lowest BCUT2D eigenvalue weighted by atomic mass is 10.1. The standard InChI is InChI=1S/C33H36Cl2N6O5/c1-32(2,3)45-30(43)38-15-16-39(29(42)20-38)24-11-8-21(9-12-24)26-18-28(41-27(37-26)13-14-36-41)40(31(44)46-33(4,5)6)19-22-7-10-23(34)17-25(22)35/h7-14,17-18H,15-16,19-20H2,1-6H3. The molecule has 4 aromatic rings. The van der Waals surface area contributed by atoms with Gasteiger partial charge in [0.25, 0.3) is 0 Å². The van der Waals surface area contributed by atoms with Crippen molar-refractivity contribution in [2.45, 2.75) is 59.3 Å². The predicted octanol–water partition coefficient (Wildman–Crippen LogP) is 7.23. The Bertz CT molecular complexity index is 1780. The summed E-state index contributed by atoms with van der Waals surface area (Å²) in [5, 5.41) is 5.31. The highest BCUT2D eigenvalue weighted by Gasteiger charge is 2.31. The third-order valence-electron chi connectivity index (χ3n) is 6.92. The summed E-state index contributed by atoms with van der Waals surface area (Å²) in [4.78, 5) is 48.4. The highest BCUT2D eigenvalue weighted by molar-refractivity contribution is 6.35. The third-order valence-corrected chi connectivity index (χ3v) is 7.51. The number of anilines is 2. The van der Waals surface area contributed by atoms with Crippen LogP contribution in [0.2, 0.25) is 10.0 Å². The quantitative estimate of drug-likeness (QED) is 0.221. The molecule has 0 saturated carbocycles. The number of rotatable bonds is 5. The molecule has 13 heteroatoms. The van der Waals surface area contributed by atoms with Crippen LogP contribution in [0.4, 0.5) is 21.1 Å². The summed E-state index contributed by atoms with van der Waals surface area (Å²) >= 11 is 12.6. The van der Waals surface area contributed by atoms with E-state index in [1.807, 2.05) is 24.3 Å². The number of benzene rings is 2. The van der Waals surface area contributed by atoms with Crippen LogP contribution < -0.4 is 9.80 Å². The van der Waals surface area contributed by atoms with E-state index in [2.05, 4.69) is 5.10 Å². The number of halogens is 2. The summed E-state index contributed by atoms with van der Waals surface area (Å²) in [5.41, 5.74) is 1.79. The van der Waals surface area contributed by atoms with Crippen LogP contribution in [0.15, 0.2) is 60.8 Å². The molecule has 0 unspecified atom stereocenters. The maximum absolute atomic E-state index is 13.6. The third kappa shape index (κ3) is 7.71. The number of hydrogen-bond acceptors (Lipinski definition) is 7.